The Kier molecular flexibility index (Phi) is 3.38. The van der Waals surface area contributed by atoms with Crippen LogP contribution in [0, 0.1) is 6.92 Å². The SMILES string of the molecule is Cc1ccc2c(ccc3c[n+]4c5ccc(N6CCOCC6)cc5ccc4n32)c1. The first-order valence-electron chi connectivity index (χ1n) is 9.90. The normalized spacial score (nSPS) is 15.2. The summed E-state index contributed by atoms with van der Waals surface area (Å²) in [6.45, 7) is 5.68. The number of morpholine rings is 1. The van der Waals surface area contributed by atoms with Gasteiger partial charge in [-0.1, -0.05) is 11.6 Å². The van der Waals surface area contributed by atoms with E-state index in [4.69, 9.17) is 4.74 Å². The molecule has 0 amide bonds. The lowest BCUT2D eigenvalue weighted by Crippen LogP contribution is -2.36. The number of hydrogen-bond donors (Lipinski definition) is 0. The van der Waals surface area contributed by atoms with Crippen LogP contribution in [-0.4, -0.2) is 30.7 Å². The summed E-state index contributed by atoms with van der Waals surface area (Å²) >= 11 is 0. The number of aryl methyl sites for hydroxylation is 1. The van der Waals surface area contributed by atoms with Gasteiger partial charge in [0.25, 0.3) is 5.65 Å². The summed E-state index contributed by atoms with van der Waals surface area (Å²) < 4.78 is 10.2. The summed E-state index contributed by atoms with van der Waals surface area (Å²) in [5, 5.41) is 2.53. The number of ether oxygens (including phenoxy) is 1. The number of nitrogens with zero attached hydrogens (tertiary/aromatic N) is 3. The minimum absolute atomic E-state index is 0.809. The van der Waals surface area contributed by atoms with Crippen LogP contribution in [0.2, 0.25) is 0 Å². The Hall–Kier alpha value is -3.11. The van der Waals surface area contributed by atoms with Gasteiger partial charge in [-0.3, -0.25) is 0 Å². The van der Waals surface area contributed by atoms with Crippen LogP contribution in [0.4, 0.5) is 5.69 Å². The molecule has 1 aliphatic heterocycles. The van der Waals surface area contributed by atoms with Crippen molar-refractivity contribution in [1.82, 2.24) is 4.40 Å². The second kappa shape index (κ2) is 5.94. The van der Waals surface area contributed by atoms with Gasteiger partial charge in [-0.05, 0) is 55.5 Å². The smallest absolute Gasteiger partial charge is 0.292 e. The fourth-order valence-electron chi connectivity index (χ4n) is 4.49. The van der Waals surface area contributed by atoms with E-state index in [1.54, 1.807) is 0 Å². The Morgan fingerprint density at radius 3 is 2.61 bits per heavy atom. The summed E-state index contributed by atoms with van der Waals surface area (Å²) in [6.07, 6.45) is 2.24. The maximum absolute atomic E-state index is 5.49. The van der Waals surface area contributed by atoms with Gasteiger partial charge in [-0.2, -0.15) is 8.80 Å². The molecule has 138 valence electrons. The minimum Gasteiger partial charge on any atom is -0.378 e. The number of imidazole rings is 1. The van der Waals surface area contributed by atoms with Crippen molar-refractivity contribution in [2.75, 3.05) is 31.2 Å². The van der Waals surface area contributed by atoms with Gasteiger partial charge >= 0.3 is 0 Å². The van der Waals surface area contributed by atoms with Crippen molar-refractivity contribution in [3.05, 3.63) is 72.4 Å². The Morgan fingerprint density at radius 1 is 0.857 bits per heavy atom. The molecule has 0 bridgehead atoms. The monoisotopic (exact) mass is 368 g/mol. The van der Waals surface area contributed by atoms with Crippen LogP contribution in [0.3, 0.4) is 0 Å². The molecule has 0 radical (unpaired) electrons. The number of hydrogen-bond acceptors (Lipinski definition) is 2. The highest BCUT2D eigenvalue weighted by atomic mass is 16.5. The standard InChI is InChI=1S/C24H22N3O/c1-17-2-7-23-18(14-17)3-5-21-16-26-22-8-6-20(25-10-12-28-13-11-25)15-19(22)4-9-24(26)27(21)23/h2-9,14-16H,10-13H2,1H3/q+1. The molecule has 5 aromatic rings. The molecule has 0 unspecified atom stereocenters. The number of aromatic nitrogens is 2. The summed E-state index contributed by atoms with van der Waals surface area (Å²) in [4.78, 5) is 2.41. The largest absolute Gasteiger partial charge is 0.378 e. The molecule has 2 aromatic carbocycles. The summed E-state index contributed by atoms with van der Waals surface area (Å²) in [7, 11) is 0. The molecule has 1 aliphatic rings. The van der Waals surface area contributed by atoms with E-state index in [0.717, 1.165) is 26.3 Å². The molecule has 1 saturated heterocycles. The third-order valence-electron chi connectivity index (χ3n) is 5.91. The van der Waals surface area contributed by atoms with Crippen molar-refractivity contribution in [2.45, 2.75) is 6.92 Å². The van der Waals surface area contributed by atoms with Crippen molar-refractivity contribution >= 4 is 38.7 Å². The Balaban J connectivity index is 1.60. The number of fused-ring (bicyclic) bond motifs is 7. The number of rotatable bonds is 1. The van der Waals surface area contributed by atoms with E-state index in [1.807, 2.05) is 0 Å². The van der Waals surface area contributed by atoms with Gasteiger partial charge in [0.1, 0.15) is 17.2 Å². The molecule has 4 heteroatoms. The highest BCUT2D eigenvalue weighted by Gasteiger charge is 2.18. The molecule has 0 atom stereocenters. The molecule has 0 saturated carbocycles. The van der Waals surface area contributed by atoms with E-state index >= 15 is 0 Å². The molecule has 28 heavy (non-hydrogen) atoms. The van der Waals surface area contributed by atoms with E-state index in [0.29, 0.717) is 0 Å². The molecule has 0 spiro atoms. The van der Waals surface area contributed by atoms with Crippen molar-refractivity contribution in [2.24, 2.45) is 0 Å². The number of anilines is 1. The van der Waals surface area contributed by atoms with Crippen LogP contribution in [0.5, 0.6) is 0 Å². The molecule has 0 aliphatic carbocycles. The Labute approximate surface area is 163 Å². The van der Waals surface area contributed by atoms with Crippen LogP contribution in [0.15, 0.2) is 66.9 Å². The first kappa shape index (κ1) is 15.9. The number of benzene rings is 2. The van der Waals surface area contributed by atoms with E-state index in [9.17, 15) is 0 Å². The molecule has 3 aromatic heterocycles. The van der Waals surface area contributed by atoms with Gasteiger partial charge in [-0.15, -0.1) is 0 Å². The van der Waals surface area contributed by atoms with E-state index in [-0.39, 0.29) is 0 Å². The fraction of sp³-hybridized carbons (Fsp3) is 0.208. The minimum atomic E-state index is 0.809. The molecule has 6 rings (SSSR count). The summed E-state index contributed by atoms with van der Waals surface area (Å²) in [5.41, 5.74) is 7.45. The van der Waals surface area contributed by atoms with Gasteiger partial charge in [0.2, 0.25) is 0 Å². The van der Waals surface area contributed by atoms with E-state index in [2.05, 4.69) is 87.5 Å². The van der Waals surface area contributed by atoms with Crippen molar-refractivity contribution in [3.63, 3.8) is 0 Å². The zero-order valence-corrected chi connectivity index (χ0v) is 15.9. The number of pyridine rings is 2. The Bertz CT molecular complexity index is 1360. The molecule has 0 N–H and O–H groups in total. The predicted octanol–water partition coefficient (Wildman–Crippen LogP) is 4.13. The predicted molar refractivity (Wildman–Crippen MR) is 113 cm³/mol. The molecule has 1 fully saturated rings. The zero-order chi connectivity index (χ0) is 18.7. The highest BCUT2D eigenvalue weighted by molar-refractivity contribution is 5.86. The molecular weight excluding hydrogens is 346 g/mol. The van der Waals surface area contributed by atoms with Gasteiger partial charge in [0.15, 0.2) is 5.52 Å². The third kappa shape index (κ3) is 2.31. The average Bonchev–Trinajstić information content (AvgIpc) is 3.13. The fourth-order valence-corrected chi connectivity index (χ4v) is 4.49. The Morgan fingerprint density at radius 2 is 1.71 bits per heavy atom. The lowest BCUT2D eigenvalue weighted by molar-refractivity contribution is -0.479. The van der Waals surface area contributed by atoms with Crippen LogP contribution in [-0.2, 0) is 4.74 Å². The van der Waals surface area contributed by atoms with Gasteiger partial charge in [0, 0.05) is 35.6 Å². The van der Waals surface area contributed by atoms with E-state index in [1.165, 1.54) is 44.2 Å². The topological polar surface area (TPSA) is 21.0 Å². The maximum Gasteiger partial charge on any atom is 0.292 e. The first-order chi connectivity index (χ1) is 13.8. The molecular formula is C24H22N3O+. The van der Waals surface area contributed by atoms with Gasteiger partial charge in [-0.25, -0.2) is 0 Å². The third-order valence-corrected chi connectivity index (χ3v) is 5.91. The quantitative estimate of drug-likeness (QED) is 0.415. The zero-order valence-electron chi connectivity index (χ0n) is 15.9. The van der Waals surface area contributed by atoms with Crippen LogP contribution in [0.1, 0.15) is 5.56 Å². The van der Waals surface area contributed by atoms with Crippen molar-refractivity contribution < 1.29 is 9.14 Å². The second-order valence-electron chi connectivity index (χ2n) is 7.69. The lowest BCUT2D eigenvalue weighted by atomic mass is 10.1. The van der Waals surface area contributed by atoms with Crippen molar-refractivity contribution in [3.8, 4) is 0 Å². The van der Waals surface area contributed by atoms with Gasteiger partial charge in [0.05, 0.1) is 13.2 Å². The summed E-state index contributed by atoms with van der Waals surface area (Å²) in [6, 6.07) is 22.4. The summed E-state index contributed by atoms with van der Waals surface area (Å²) in [5.74, 6) is 0. The van der Waals surface area contributed by atoms with Gasteiger partial charge < -0.3 is 9.64 Å². The molecule has 4 heterocycles. The van der Waals surface area contributed by atoms with Crippen LogP contribution in [0.25, 0.3) is 33.0 Å². The first-order valence-corrected chi connectivity index (χ1v) is 9.90. The lowest BCUT2D eigenvalue weighted by Gasteiger charge is -2.28. The van der Waals surface area contributed by atoms with Crippen LogP contribution >= 0.6 is 0 Å². The highest BCUT2D eigenvalue weighted by Crippen LogP contribution is 2.25. The average molecular weight is 368 g/mol. The van der Waals surface area contributed by atoms with Crippen molar-refractivity contribution in [1.29, 1.82) is 0 Å². The second-order valence-corrected chi connectivity index (χ2v) is 7.69. The maximum atomic E-state index is 5.49. The molecule has 4 nitrogen and oxygen atoms in total. The van der Waals surface area contributed by atoms with Crippen LogP contribution < -0.4 is 9.30 Å². The van der Waals surface area contributed by atoms with E-state index < -0.39 is 0 Å².